The number of methoxy groups -OCH3 is 2. The second-order valence-electron chi connectivity index (χ2n) is 5.00. The maximum atomic E-state index is 12.0. The van der Waals surface area contributed by atoms with Gasteiger partial charge in [0, 0.05) is 0 Å². The standard InChI is InChI=1S/C15H15NO4/c1-7-4-10-13(15(18)16-14(10)17)9-6-12(20-3)11(19-2)5-8(7)9/h4-6,10,13H,1-3H3,(H,16,17,18). The van der Waals surface area contributed by atoms with E-state index in [1.54, 1.807) is 20.3 Å². The first-order valence-corrected chi connectivity index (χ1v) is 6.36. The van der Waals surface area contributed by atoms with E-state index in [1.165, 1.54) is 0 Å². The summed E-state index contributed by atoms with van der Waals surface area (Å²) in [5.41, 5.74) is 2.71. The first kappa shape index (κ1) is 12.7. The van der Waals surface area contributed by atoms with Crippen molar-refractivity contribution in [1.29, 1.82) is 0 Å². The minimum Gasteiger partial charge on any atom is -0.493 e. The van der Waals surface area contributed by atoms with Gasteiger partial charge in [-0.05, 0) is 35.8 Å². The molecule has 2 aliphatic rings. The maximum absolute atomic E-state index is 12.0. The topological polar surface area (TPSA) is 64.6 Å². The SMILES string of the molecule is COc1cc2c(cc1OC)C1C(=O)NC(=O)C1C=C2C. The van der Waals surface area contributed by atoms with Crippen molar-refractivity contribution in [3.05, 3.63) is 29.3 Å². The van der Waals surface area contributed by atoms with E-state index in [-0.39, 0.29) is 11.8 Å². The number of hydrogen-bond acceptors (Lipinski definition) is 4. The minimum atomic E-state index is -0.471. The van der Waals surface area contributed by atoms with Gasteiger partial charge in [0.05, 0.1) is 26.1 Å². The van der Waals surface area contributed by atoms with Crippen molar-refractivity contribution in [2.24, 2.45) is 5.92 Å². The number of nitrogens with one attached hydrogen (secondary N) is 1. The molecule has 1 saturated heterocycles. The number of fused-ring (bicyclic) bond motifs is 3. The van der Waals surface area contributed by atoms with E-state index in [0.717, 1.165) is 16.7 Å². The Hall–Kier alpha value is -2.30. The molecule has 20 heavy (non-hydrogen) atoms. The lowest BCUT2D eigenvalue weighted by molar-refractivity contribution is -0.125. The molecular weight excluding hydrogens is 258 g/mol. The van der Waals surface area contributed by atoms with Crippen molar-refractivity contribution < 1.29 is 19.1 Å². The van der Waals surface area contributed by atoms with Crippen molar-refractivity contribution in [3.8, 4) is 11.5 Å². The van der Waals surface area contributed by atoms with E-state index in [2.05, 4.69) is 5.32 Å². The van der Waals surface area contributed by atoms with Crippen LogP contribution in [-0.2, 0) is 9.59 Å². The van der Waals surface area contributed by atoms with E-state index in [0.29, 0.717) is 11.5 Å². The molecule has 1 fully saturated rings. The third-order valence-corrected chi connectivity index (χ3v) is 3.94. The molecule has 0 bridgehead atoms. The van der Waals surface area contributed by atoms with Gasteiger partial charge in [-0.3, -0.25) is 14.9 Å². The summed E-state index contributed by atoms with van der Waals surface area (Å²) in [6.45, 7) is 1.93. The quantitative estimate of drug-likeness (QED) is 0.829. The van der Waals surface area contributed by atoms with Crippen molar-refractivity contribution in [3.63, 3.8) is 0 Å². The summed E-state index contributed by atoms with van der Waals surface area (Å²) in [7, 11) is 3.12. The summed E-state index contributed by atoms with van der Waals surface area (Å²) in [6.07, 6.45) is 1.85. The second kappa shape index (κ2) is 4.37. The monoisotopic (exact) mass is 273 g/mol. The van der Waals surface area contributed by atoms with Crippen molar-refractivity contribution in [1.82, 2.24) is 5.32 Å². The fourth-order valence-electron chi connectivity index (χ4n) is 2.96. The molecule has 5 heteroatoms. The molecule has 1 aliphatic heterocycles. The van der Waals surface area contributed by atoms with Crippen LogP contribution in [0.5, 0.6) is 11.5 Å². The molecular formula is C15H15NO4. The largest absolute Gasteiger partial charge is 0.493 e. The molecule has 1 N–H and O–H groups in total. The van der Waals surface area contributed by atoms with Crippen LogP contribution in [0.1, 0.15) is 24.0 Å². The van der Waals surface area contributed by atoms with Gasteiger partial charge in [-0.1, -0.05) is 6.08 Å². The van der Waals surface area contributed by atoms with Crippen molar-refractivity contribution >= 4 is 17.4 Å². The van der Waals surface area contributed by atoms with Crippen LogP contribution in [0, 0.1) is 5.92 Å². The number of rotatable bonds is 2. The van der Waals surface area contributed by atoms with Crippen LogP contribution in [-0.4, -0.2) is 26.0 Å². The number of carbonyl (C=O) groups is 2. The molecule has 0 spiro atoms. The van der Waals surface area contributed by atoms with E-state index < -0.39 is 11.8 Å². The zero-order valence-electron chi connectivity index (χ0n) is 11.5. The van der Waals surface area contributed by atoms with Crippen molar-refractivity contribution in [2.75, 3.05) is 14.2 Å². The summed E-state index contributed by atoms with van der Waals surface area (Å²) in [6, 6.07) is 3.65. The lowest BCUT2D eigenvalue weighted by atomic mass is 9.77. The molecule has 0 radical (unpaired) electrons. The Kier molecular flexibility index (Phi) is 2.78. The number of hydrogen-bond donors (Lipinski definition) is 1. The fourth-order valence-corrected chi connectivity index (χ4v) is 2.96. The van der Waals surface area contributed by atoms with Gasteiger partial charge < -0.3 is 9.47 Å². The van der Waals surface area contributed by atoms with Gasteiger partial charge >= 0.3 is 0 Å². The van der Waals surface area contributed by atoms with Gasteiger partial charge in [-0.2, -0.15) is 0 Å². The van der Waals surface area contributed by atoms with Gasteiger partial charge in [0.2, 0.25) is 11.8 Å². The summed E-state index contributed by atoms with van der Waals surface area (Å²) in [5, 5.41) is 2.39. The Morgan fingerprint density at radius 1 is 1.05 bits per heavy atom. The van der Waals surface area contributed by atoms with Crippen LogP contribution in [0.2, 0.25) is 0 Å². The van der Waals surface area contributed by atoms with Crippen LogP contribution >= 0.6 is 0 Å². The Morgan fingerprint density at radius 3 is 2.35 bits per heavy atom. The van der Waals surface area contributed by atoms with Gasteiger partial charge in [-0.25, -0.2) is 0 Å². The van der Waals surface area contributed by atoms with Crippen LogP contribution in [0.15, 0.2) is 18.2 Å². The minimum absolute atomic E-state index is 0.236. The summed E-state index contributed by atoms with van der Waals surface area (Å²) < 4.78 is 10.6. The molecule has 1 aromatic rings. The highest BCUT2D eigenvalue weighted by Crippen LogP contribution is 2.45. The molecule has 2 atom stereocenters. The van der Waals surface area contributed by atoms with Gasteiger partial charge in [0.15, 0.2) is 11.5 Å². The summed E-state index contributed by atoms with van der Waals surface area (Å²) in [4.78, 5) is 23.8. The molecule has 2 amide bonds. The van der Waals surface area contributed by atoms with E-state index in [4.69, 9.17) is 9.47 Å². The normalized spacial score (nSPS) is 23.6. The molecule has 0 saturated carbocycles. The lowest BCUT2D eigenvalue weighted by Crippen LogP contribution is -2.21. The molecule has 1 heterocycles. The number of carbonyl (C=O) groups excluding carboxylic acids is 2. The molecule has 5 nitrogen and oxygen atoms in total. The van der Waals surface area contributed by atoms with Crippen LogP contribution in [0.3, 0.4) is 0 Å². The molecule has 2 unspecified atom stereocenters. The number of benzene rings is 1. The molecule has 3 rings (SSSR count). The molecule has 0 aromatic heterocycles. The van der Waals surface area contributed by atoms with E-state index >= 15 is 0 Å². The number of ether oxygens (including phenoxy) is 2. The lowest BCUT2D eigenvalue weighted by Gasteiger charge is -2.24. The number of imide groups is 1. The Morgan fingerprint density at radius 2 is 1.70 bits per heavy atom. The highest BCUT2D eigenvalue weighted by Gasteiger charge is 2.44. The van der Waals surface area contributed by atoms with E-state index in [1.807, 2.05) is 19.1 Å². The third-order valence-electron chi connectivity index (χ3n) is 3.94. The summed E-state index contributed by atoms with van der Waals surface area (Å²) in [5.74, 6) is -0.208. The second-order valence-corrected chi connectivity index (χ2v) is 5.00. The van der Waals surface area contributed by atoms with Crippen molar-refractivity contribution in [2.45, 2.75) is 12.8 Å². The fraction of sp³-hybridized carbons (Fsp3) is 0.333. The smallest absolute Gasteiger partial charge is 0.235 e. The average molecular weight is 273 g/mol. The Bertz CT molecular complexity index is 648. The number of allylic oxidation sites excluding steroid dienone is 1. The predicted molar refractivity (Wildman–Crippen MR) is 72.6 cm³/mol. The first-order chi connectivity index (χ1) is 9.56. The van der Waals surface area contributed by atoms with Crippen LogP contribution in [0.25, 0.3) is 5.57 Å². The Balaban J connectivity index is 2.22. The van der Waals surface area contributed by atoms with Crippen LogP contribution in [0.4, 0.5) is 0 Å². The van der Waals surface area contributed by atoms with Crippen LogP contribution < -0.4 is 14.8 Å². The molecule has 1 aliphatic carbocycles. The number of amides is 2. The zero-order chi connectivity index (χ0) is 14.4. The van der Waals surface area contributed by atoms with Gasteiger partial charge in [0.1, 0.15) is 0 Å². The van der Waals surface area contributed by atoms with Gasteiger partial charge in [0.25, 0.3) is 0 Å². The zero-order valence-corrected chi connectivity index (χ0v) is 11.5. The highest BCUT2D eigenvalue weighted by atomic mass is 16.5. The summed E-state index contributed by atoms with van der Waals surface area (Å²) >= 11 is 0. The maximum Gasteiger partial charge on any atom is 0.235 e. The molecule has 104 valence electrons. The first-order valence-electron chi connectivity index (χ1n) is 6.36. The average Bonchev–Trinajstić information content (AvgIpc) is 2.72. The predicted octanol–water partition coefficient (Wildman–Crippen LogP) is 1.48. The Labute approximate surface area is 116 Å². The molecule has 1 aromatic carbocycles. The van der Waals surface area contributed by atoms with E-state index in [9.17, 15) is 9.59 Å². The van der Waals surface area contributed by atoms with Gasteiger partial charge in [-0.15, -0.1) is 0 Å². The third kappa shape index (κ3) is 1.62. The highest BCUT2D eigenvalue weighted by molar-refractivity contribution is 6.10.